The van der Waals surface area contributed by atoms with Crippen LogP contribution in [0.25, 0.3) is 10.6 Å². The van der Waals surface area contributed by atoms with Crippen molar-refractivity contribution in [2.75, 3.05) is 6.54 Å². The van der Waals surface area contributed by atoms with E-state index < -0.39 is 0 Å². The molecule has 24 heavy (non-hydrogen) atoms. The molecule has 0 unspecified atom stereocenters. The Bertz CT molecular complexity index is 820. The van der Waals surface area contributed by atoms with Crippen LogP contribution < -0.4 is 5.32 Å². The molecule has 0 saturated heterocycles. The second kappa shape index (κ2) is 7.76. The predicted octanol–water partition coefficient (Wildman–Crippen LogP) is 2.06. The molecule has 0 bridgehead atoms. The van der Waals surface area contributed by atoms with Gasteiger partial charge >= 0.3 is 0 Å². The summed E-state index contributed by atoms with van der Waals surface area (Å²) in [4.78, 5) is 24.6. The lowest BCUT2D eigenvalue weighted by Crippen LogP contribution is -2.26. The summed E-state index contributed by atoms with van der Waals surface area (Å²) >= 11 is 1.57. The van der Waals surface area contributed by atoms with Crippen LogP contribution in [0, 0.1) is 0 Å². The number of nitrogens with one attached hydrogen (secondary N) is 1. The first kappa shape index (κ1) is 16.2. The third kappa shape index (κ3) is 4.01. The van der Waals surface area contributed by atoms with Crippen molar-refractivity contribution in [3.05, 3.63) is 65.2 Å². The normalized spacial score (nSPS) is 10.5. The van der Waals surface area contributed by atoms with Crippen LogP contribution in [0.1, 0.15) is 21.7 Å². The molecule has 0 fully saturated rings. The van der Waals surface area contributed by atoms with E-state index in [4.69, 9.17) is 5.11 Å². The molecule has 2 N–H and O–H groups in total. The number of pyridine rings is 2. The first-order chi connectivity index (χ1) is 11.8. The van der Waals surface area contributed by atoms with E-state index in [1.54, 1.807) is 35.9 Å². The molecule has 0 aliphatic heterocycles. The van der Waals surface area contributed by atoms with Gasteiger partial charge in [0.1, 0.15) is 10.7 Å². The highest BCUT2D eigenvalue weighted by atomic mass is 32.1. The van der Waals surface area contributed by atoms with Gasteiger partial charge in [0, 0.05) is 42.5 Å². The van der Waals surface area contributed by atoms with Crippen molar-refractivity contribution < 1.29 is 9.90 Å². The third-order valence-electron chi connectivity index (χ3n) is 3.39. The van der Waals surface area contributed by atoms with E-state index in [0.717, 1.165) is 16.3 Å². The van der Waals surface area contributed by atoms with Gasteiger partial charge in [0.15, 0.2) is 0 Å². The Labute approximate surface area is 143 Å². The van der Waals surface area contributed by atoms with Gasteiger partial charge < -0.3 is 10.4 Å². The van der Waals surface area contributed by atoms with E-state index >= 15 is 0 Å². The molecule has 0 aliphatic rings. The van der Waals surface area contributed by atoms with Gasteiger partial charge in [-0.15, -0.1) is 11.3 Å². The Hall–Kier alpha value is -2.64. The lowest BCUT2D eigenvalue weighted by Gasteiger charge is -2.04. The highest BCUT2D eigenvalue weighted by molar-refractivity contribution is 7.13. The van der Waals surface area contributed by atoms with Crippen LogP contribution >= 0.6 is 11.3 Å². The highest BCUT2D eigenvalue weighted by Crippen LogP contribution is 2.22. The van der Waals surface area contributed by atoms with Crippen LogP contribution in [0.4, 0.5) is 0 Å². The van der Waals surface area contributed by atoms with E-state index in [0.29, 0.717) is 24.2 Å². The Balaban J connectivity index is 1.55. The maximum atomic E-state index is 12.0. The average molecular weight is 340 g/mol. The van der Waals surface area contributed by atoms with Gasteiger partial charge in [-0.25, -0.2) is 4.98 Å². The molecular formula is C17H16N4O2S. The van der Waals surface area contributed by atoms with Gasteiger partial charge in [0.25, 0.3) is 5.91 Å². The Morgan fingerprint density at radius 2 is 2.04 bits per heavy atom. The van der Waals surface area contributed by atoms with Crippen molar-refractivity contribution in [2.24, 2.45) is 0 Å². The molecule has 3 aromatic rings. The highest BCUT2D eigenvalue weighted by Gasteiger charge is 2.09. The molecule has 0 aliphatic carbocycles. The van der Waals surface area contributed by atoms with Gasteiger partial charge in [-0.1, -0.05) is 0 Å². The zero-order valence-electron chi connectivity index (χ0n) is 12.8. The summed E-state index contributed by atoms with van der Waals surface area (Å²) in [5.41, 5.74) is 2.94. The first-order valence-electron chi connectivity index (χ1n) is 7.45. The standard InChI is InChI=1S/C17H16N4O2S/c22-10-12-1-7-19-15(9-12)16(23)20-8-4-14-11-24-17(21-14)13-2-5-18-6-3-13/h1-3,5-7,9,11,22H,4,8,10H2,(H,20,23). The van der Waals surface area contributed by atoms with Crippen LogP contribution in [0.3, 0.4) is 0 Å². The number of carbonyl (C=O) groups excluding carboxylic acids is 1. The fourth-order valence-corrected chi connectivity index (χ4v) is 3.00. The van der Waals surface area contributed by atoms with E-state index in [2.05, 4.69) is 20.3 Å². The summed E-state index contributed by atoms with van der Waals surface area (Å²) in [7, 11) is 0. The summed E-state index contributed by atoms with van der Waals surface area (Å²) in [6.07, 6.45) is 5.64. The smallest absolute Gasteiger partial charge is 0.269 e. The second-order valence-corrected chi connectivity index (χ2v) is 5.95. The number of aliphatic hydroxyl groups excluding tert-OH is 1. The van der Waals surface area contributed by atoms with E-state index in [9.17, 15) is 4.79 Å². The zero-order valence-corrected chi connectivity index (χ0v) is 13.7. The van der Waals surface area contributed by atoms with Crippen molar-refractivity contribution in [2.45, 2.75) is 13.0 Å². The summed E-state index contributed by atoms with van der Waals surface area (Å²) in [5, 5.41) is 14.8. The quantitative estimate of drug-likeness (QED) is 0.717. The van der Waals surface area contributed by atoms with Gasteiger partial charge in [-0.05, 0) is 29.8 Å². The van der Waals surface area contributed by atoms with E-state index in [1.165, 1.54) is 6.20 Å². The molecule has 0 spiro atoms. The number of aromatic nitrogens is 3. The molecule has 3 rings (SSSR count). The average Bonchev–Trinajstić information content (AvgIpc) is 3.11. The molecule has 7 heteroatoms. The van der Waals surface area contributed by atoms with Gasteiger partial charge in [-0.3, -0.25) is 14.8 Å². The van der Waals surface area contributed by atoms with E-state index in [1.807, 2.05) is 17.5 Å². The lowest BCUT2D eigenvalue weighted by molar-refractivity contribution is 0.0949. The second-order valence-electron chi connectivity index (χ2n) is 5.09. The molecule has 0 atom stereocenters. The van der Waals surface area contributed by atoms with Crippen LogP contribution in [0.15, 0.2) is 48.2 Å². The Kier molecular flexibility index (Phi) is 5.25. The topological polar surface area (TPSA) is 88.0 Å². The van der Waals surface area contributed by atoms with Gasteiger partial charge in [-0.2, -0.15) is 0 Å². The minimum atomic E-state index is -0.255. The number of aliphatic hydroxyl groups is 1. The van der Waals surface area contributed by atoms with Crippen LogP contribution in [0.2, 0.25) is 0 Å². The van der Waals surface area contributed by atoms with Crippen molar-refractivity contribution in [1.29, 1.82) is 0 Å². The minimum absolute atomic E-state index is 0.112. The number of thiazole rings is 1. The molecular weight excluding hydrogens is 324 g/mol. The van der Waals surface area contributed by atoms with Crippen molar-refractivity contribution in [1.82, 2.24) is 20.3 Å². The SMILES string of the molecule is O=C(NCCc1csc(-c2ccncc2)n1)c1cc(CO)ccn1. The fraction of sp³-hybridized carbons (Fsp3) is 0.176. The Morgan fingerprint density at radius 3 is 2.83 bits per heavy atom. The predicted molar refractivity (Wildman–Crippen MR) is 91.5 cm³/mol. The molecule has 0 radical (unpaired) electrons. The van der Waals surface area contributed by atoms with Crippen molar-refractivity contribution in [3.63, 3.8) is 0 Å². The van der Waals surface area contributed by atoms with Gasteiger partial charge in [0.05, 0.1) is 12.3 Å². The minimum Gasteiger partial charge on any atom is -0.392 e. The Morgan fingerprint density at radius 1 is 1.21 bits per heavy atom. The molecule has 0 saturated carbocycles. The number of nitrogens with zero attached hydrogens (tertiary/aromatic N) is 3. The number of hydrogen-bond acceptors (Lipinski definition) is 6. The number of carbonyl (C=O) groups is 1. The number of hydrogen-bond donors (Lipinski definition) is 2. The van der Waals surface area contributed by atoms with Crippen molar-refractivity contribution in [3.8, 4) is 10.6 Å². The largest absolute Gasteiger partial charge is 0.392 e. The summed E-state index contributed by atoms with van der Waals surface area (Å²) in [5.74, 6) is -0.255. The molecule has 0 aromatic carbocycles. The molecule has 6 nitrogen and oxygen atoms in total. The molecule has 3 heterocycles. The monoisotopic (exact) mass is 340 g/mol. The molecule has 1 amide bonds. The van der Waals surface area contributed by atoms with Crippen LogP contribution in [-0.4, -0.2) is 32.5 Å². The molecule has 3 aromatic heterocycles. The summed E-state index contributed by atoms with van der Waals surface area (Å²) in [6.45, 7) is 0.364. The van der Waals surface area contributed by atoms with Crippen LogP contribution in [-0.2, 0) is 13.0 Å². The first-order valence-corrected chi connectivity index (χ1v) is 8.33. The molecule has 122 valence electrons. The number of amides is 1. The fourth-order valence-electron chi connectivity index (χ4n) is 2.14. The van der Waals surface area contributed by atoms with Crippen molar-refractivity contribution >= 4 is 17.2 Å². The van der Waals surface area contributed by atoms with Crippen LogP contribution in [0.5, 0.6) is 0 Å². The van der Waals surface area contributed by atoms with Gasteiger partial charge in [0.2, 0.25) is 0 Å². The summed E-state index contributed by atoms with van der Waals surface area (Å²) in [6, 6.07) is 7.10. The third-order valence-corrected chi connectivity index (χ3v) is 4.33. The zero-order chi connectivity index (χ0) is 16.8. The number of rotatable bonds is 6. The maximum Gasteiger partial charge on any atom is 0.269 e. The summed E-state index contributed by atoms with van der Waals surface area (Å²) < 4.78 is 0. The van der Waals surface area contributed by atoms with E-state index in [-0.39, 0.29) is 12.5 Å². The lowest BCUT2D eigenvalue weighted by atomic mass is 10.2. The maximum absolute atomic E-state index is 12.0.